The third-order valence-electron chi connectivity index (χ3n) is 8.17. The van der Waals surface area contributed by atoms with Crippen LogP contribution >= 0.6 is 23.2 Å². The molecule has 11 nitrogen and oxygen atoms in total. The number of aryl methyl sites for hydroxylation is 1. The van der Waals surface area contributed by atoms with Crippen LogP contribution in [0.25, 0.3) is 11.2 Å². The molecule has 1 aliphatic rings. The van der Waals surface area contributed by atoms with E-state index in [1.54, 1.807) is 55.6 Å². The lowest BCUT2D eigenvalue weighted by atomic mass is 10.0. The van der Waals surface area contributed by atoms with Crippen molar-refractivity contribution in [3.63, 3.8) is 0 Å². The number of carbonyl (C=O) groups excluding carboxylic acids is 2. The number of nitrogens with one attached hydrogen (secondary N) is 1. The van der Waals surface area contributed by atoms with Crippen LogP contribution in [0, 0.1) is 0 Å². The summed E-state index contributed by atoms with van der Waals surface area (Å²) in [4.78, 5) is 61.2. The monoisotopic (exact) mass is 659 g/mol. The molecule has 0 saturated carbocycles. The number of carbonyl (C=O) groups is 2. The van der Waals surface area contributed by atoms with Crippen LogP contribution in [0.2, 0.25) is 10.0 Å². The fourth-order valence-electron chi connectivity index (χ4n) is 5.68. The maximum atomic E-state index is 13.3. The molecule has 0 spiro atoms. The molecule has 46 heavy (non-hydrogen) atoms. The number of imidazole rings is 1. The van der Waals surface area contributed by atoms with Gasteiger partial charge in [0.05, 0.1) is 18.8 Å². The molecule has 1 fully saturated rings. The summed E-state index contributed by atoms with van der Waals surface area (Å²) < 4.78 is 4.26. The summed E-state index contributed by atoms with van der Waals surface area (Å²) in [5, 5.41) is 3.84. The molecule has 2 aromatic heterocycles. The van der Waals surface area contributed by atoms with E-state index in [0.717, 1.165) is 10.1 Å². The number of amides is 1. The van der Waals surface area contributed by atoms with E-state index in [2.05, 4.69) is 5.32 Å². The lowest BCUT2D eigenvalue weighted by molar-refractivity contribution is -0.117. The number of ketones is 1. The predicted octanol–water partition coefficient (Wildman–Crippen LogP) is 3.78. The Bertz CT molecular complexity index is 2080. The van der Waals surface area contributed by atoms with E-state index in [4.69, 9.17) is 28.2 Å². The molecule has 1 aliphatic heterocycles. The van der Waals surface area contributed by atoms with Gasteiger partial charge >= 0.3 is 5.69 Å². The van der Waals surface area contributed by atoms with Gasteiger partial charge in [-0.1, -0.05) is 71.7 Å². The highest BCUT2D eigenvalue weighted by Crippen LogP contribution is 2.26. The standard InChI is InChI=1S/C33H31Cl2N7O4/c1-38-30-28(31(45)39(2)33(38)46)42(19-22-10-6-7-11-25(22)35)32(37-30)41-16-14-40(15-17-41)20-27(43)36-26-13-12-23(34)18-24(26)29(44)21-8-4-3-5-9-21/h3-13,18H,14-17,19-20H2,1-2H3,(H,36,43). The number of fused-ring (bicyclic) bond motifs is 1. The van der Waals surface area contributed by atoms with Crippen molar-refractivity contribution in [1.29, 1.82) is 0 Å². The van der Waals surface area contributed by atoms with Crippen molar-refractivity contribution in [2.75, 3.05) is 42.9 Å². The van der Waals surface area contributed by atoms with E-state index in [0.29, 0.717) is 70.2 Å². The molecule has 1 amide bonds. The topological polar surface area (TPSA) is 114 Å². The zero-order chi connectivity index (χ0) is 32.5. The summed E-state index contributed by atoms with van der Waals surface area (Å²) in [6, 6.07) is 21.0. The second-order valence-electron chi connectivity index (χ2n) is 11.2. The van der Waals surface area contributed by atoms with Gasteiger partial charge in [0.2, 0.25) is 11.9 Å². The van der Waals surface area contributed by atoms with Crippen molar-refractivity contribution < 1.29 is 9.59 Å². The smallest absolute Gasteiger partial charge is 0.332 e. The van der Waals surface area contributed by atoms with Gasteiger partial charge in [-0.2, -0.15) is 4.98 Å². The number of hydrogen-bond acceptors (Lipinski definition) is 7. The number of anilines is 2. The summed E-state index contributed by atoms with van der Waals surface area (Å²) in [5.74, 6) is 0.0453. The van der Waals surface area contributed by atoms with Gasteiger partial charge < -0.3 is 10.2 Å². The molecular formula is C33H31Cl2N7O4. The quantitative estimate of drug-likeness (QED) is 0.252. The minimum absolute atomic E-state index is 0.112. The molecule has 6 rings (SSSR count). The van der Waals surface area contributed by atoms with E-state index in [1.165, 1.54) is 11.6 Å². The SMILES string of the molecule is Cn1c(=O)c2c(nc(N3CCN(CC(=O)Nc4ccc(Cl)cc4C(=O)c4ccccc4)CC3)n2Cc2ccccc2Cl)n(C)c1=O. The average Bonchev–Trinajstić information content (AvgIpc) is 3.44. The Morgan fingerprint density at radius 2 is 1.57 bits per heavy atom. The fraction of sp³-hybridized carbons (Fsp3) is 0.242. The maximum absolute atomic E-state index is 13.3. The maximum Gasteiger partial charge on any atom is 0.332 e. The lowest BCUT2D eigenvalue weighted by Gasteiger charge is -2.35. The summed E-state index contributed by atoms with van der Waals surface area (Å²) in [6.07, 6.45) is 0. The second-order valence-corrected chi connectivity index (χ2v) is 12.0. The van der Waals surface area contributed by atoms with Crippen LogP contribution in [0.4, 0.5) is 11.6 Å². The highest BCUT2D eigenvalue weighted by molar-refractivity contribution is 6.31. The van der Waals surface area contributed by atoms with Crippen LogP contribution in [0.3, 0.4) is 0 Å². The number of benzene rings is 3. The number of rotatable bonds is 8. The van der Waals surface area contributed by atoms with Gasteiger partial charge in [0, 0.05) is 61.4 Å². The van der Waals surface area contributed by atoms with E-state index < -0.39 is 11.2 Å². The Kier molecular flexibility index (Phi) is 8.81. The normalized spacial score (nSPS) is 13.7. The summed E-state index contributed by atoms with van der Waals surface area (Å²) in [5.41, 5.74) is 1.71. The second kappa shape index (κ2) is 13.0. The molecule has 1 saturated heterocycles. The first-order valence-electron chi connectivity index (χ1n) is 14.7. The molecule has 0 bridgehead atoms. The molecule has 5 aromatic rings. The summed E-state index contributed by atoms with van der Waals surface area (Å²) >= 11 is 12.7. The van der Waals surface area contributed by atoms with Gasteiger partial charge in [-0.3, -0.25) is 33.0 Å². The van der Waals surface area contributed by atoms with Crippen molar-refractivity contribution in [2.45, 2.75) is 6.54 Å². The molecule has 0 radical (unpaired) electrons. The van der Waals surface area contributed by atoms with Gasteiger partial charge in [-0.25, -0.2) is 4.79 Å². The highest BCUT2D eigenvalue weighted by atomic mass is 35.5. The van der Waals surface area contributed by atoms with Crippen molar-refractivity contribution in [3.05, 3.63) is 120 Å². The van der Waals surface area contributed by atoms with Crippen LogP contribution in [-0.4, -0.2) is 68.0 Å². The van der Waals surface area contributed by atoms with Crippen LogP contribution in [-0.2, 0) is 25.4 Å². The summed E-state index contributed by atoms with van der Waals surface area (Å²) in [7, 11) is 3.04. The molecule has 0 atom stereocenters. The average molecular weight is 661 g/mol. The molecule has 3 heterocycles. The van der Waals surface area contributed by atoms with Crippen LogP contribution in [0.1, 0.15) is 21.5 Å². The first-order valence-corrected chi connectivity index (χ1v) is 15.4. The number of aromatic nitrogens is 4. The molecular weight excluding hydrogens is 629 g/mol. The molecule has 13 heteroatoms. The Hall–Kier alpha value is -4.71. The molecule has 3 aromatic carbocycles. The fourth-order valence-corrected chi connectivity index (χ4v) is 6.05. The third-order valence-corrected chi connectivity index (χ3v) is 8.78. The zero-order valence-electron chi connectivity index (χ0n) is 25.2. The van der Waals surface area contributed by atoms with Crippen LogP contribution in [0.15, 0.2) is 82.4 Å². The molecule has 236 valence electrons. The van der Waals surface area contributed by atoms with E-state index in [-0.39, 0.29) is 24.8 Å². The van der Waals surface area contributed by atoms with E-state index in [1.807, 2.05) is 38.6 Å². The molecule has 0 unspecified atom stereocenters. The van der Waals surface area contributed by atoms with Gasteiger partial charge in [-0.15, -0.1) is 0 Å². The first kappa shape index (κ1) is 31.3. The lowest BCUT2D eigenvalue weighted by Crippen LogP contribution is -2.49. The van der Waals surface area contributed by atoms with Crippen molar-refractivity contribution in [1.82, 2.24) is 23.6 Å². The zero-order valence-corrected chi connectivity index (χ0v) is 26.8. The molecule has 1 N–H and O–H groups in total. The minimum Gasteiger partial charge on any atom is -0.340 e. The summed E-state index contributed by atoms with van der Waals surface area (Å²) in [6.45, 7) is 2.51. The number of nitrogens with zero attached hydrogens (tertiary/aromatic N) is 6. The van der Waals surface area contributed by atoms with Crippen LogP contribution in [0.5, 0.6) is 0 Å². The highest BCUT2D eigenvalue weighted by Gasteiger charge is 2.27. The largest absolute Gasteiger partial charge is 0.340 e. The Morgan fingerprint density at radius 3 is 2.28 bits per heavy atom. The van der Waals surface area contributed by atoms with Crippen molar-refractivity contribution in [3.8, 4) is 0 Å². The third kappa shape index (κ3) is 6.09. The first-order chi connectivity index (χ1) is 22.1. The van der Waals surface area contributed by atoms with Crippen molar-refractivity contribution >= 4 is 57.7 Å². The van der Waals surface area contributed by atoms with Gasteiger partial charge in [0.25, 0.3) is 5.56 Å². The number of halogens is 2. The molecule has 0 aliphatic carbocycles. The number of hydrogen-bond donors (Lipinski definition) is 1. The van der Waals surface area contributed by atoms with E-state index >= 15 is 0 Å². The minimum atomic E-state index is -0.461. The predicted molar refractivity (Wildman–Crippen MR) is 179 cm³/mol. The van der Waals surface area contributed by atoms with Crippen LogP contribution < -0.4 is 21.5 Å². The van der Waals surface area contributed by atoms with E-state index in [9.17, 15) is 19.2 Å². The van der Waals surface area contributed by atoms with Gasteiger partial charge in [-0.05, 0) is 29.8 Å². The van der Waals surface area contributed by atoms with Gasteiger partial charge in [0.15, 0.2) is 16.9 Å². The Labute approximate surface area is 274 Å². The van der Waals surface area contributed by atoms with Gasteiger partial charge in [0.1, 0.15) is 0 Å². The Balaban J connectivity index is 1.20. The van der Waals surface area contributed by atoms with Crippen molar-refractivity contribution in [2.24, 2.45) is 14.1 Å². The number of piperazine rings is 1. The Morgan fingerprint density at radius 1 is 0.870 bits per heavy atom.